The molecule has 2 rings (SSSR count). The molecule has 1 aliphatic rings. The lowest BCUT2D eigenvalue weighted by Crippen LogP contribution is -2.22. The second kappa shape index (κ2) is 6.19. The molecule has 0 saturated heterocycles. The Hall–Kier alpha value is -1.09. The molecule has 1 heterocycles. The minimum atomic E-state index is 0.870. The van der Waals surface area contributed by atoms with Gasteiger partial charge in [-0.25, -0.2) is 4.98 Å². The maximum Gasteiger partial charge on any atom is 0.128 e. The van der Waals surface area contributed by atoms with E-state index in [0.717, 1.165) is 43.0 Å². The van der Waals surface area contributed by atoms with E-state index in [-0.39, 0.29) is 0 Å². The van der Waals surface area contributed by atoms with Crippen LogP contribution in [0.2, 0.25) is 0 Å². The van der Waals surface area contributed by atoms with E-state index in [1.54, 1.807) is 0 Å². The van der Waals surface area contributed by atoms with Crippen molar-refractivity contribution in [2.75, 3.05) is 25.0 Å². The average Bonchev–Trinajstić information content (AvgIpc) is 3.05. The highest BCUT2D eigenvalue weighted by Crippen LogP contribution is 2.38. The number of aromatic nitrogens is 1. The van der Waals surface area contributed by atoms with Crippen LogP contribution in [-0.4, -0.2) is 25.1 Å². The molecule has 1 aromatic rings. The van der Waals surface area contributed by atoms with Crippen molar-refractivity contribution in [1.82, 2.24) is 10.3 Å². The van der Waals surface area contributed by atoms with Gasteiger partial charge in [0, 0.05) is 20.1 Å². The zero-order valence-electron chi connectivity index (χ0n) is 11.8. The first-order valence-corrected chi connectivity index (χ1v) is 7.08. The van der Waals surface area contributed by atoms with Crippen LogP contribution in [0.1, 0.15) is 32.4 Å². The van der Waals surface area contributed by atoms with Gasteiger partial charge >= 0.3 is 0 Å². The van der Waals surface area contributed by atoms with Gasteiger partial charge < -0.3 is 10.2 Å². The van der Waals surface area contributed by atoms with Crippen LogP contribution < -0.4 is 10.2 Å². The summed E-state index contributed by atoms with van der Waals surface area (Å²) in [6.07, 6.45) is 2.54. The van der Waals surface area contributed by atoms with Gasteiger partial charge in [-0.05, 0) is 43.4 Å². The Kier molecular flexibility index (Phi) is 4.59. The number of hydrogen-bond acceptors (Lipinski definition) is 3. The number of nitrogens with one attached hydrogen (secondary N) is 1. The van der Waals surface area contributed by atoms with Crippen LogP contribution in [0.4, 0.5) is 5.82 Å². The van der Waals surface area contributed by atoms with Crippen molar-refractivity contribution in [2.45, 2.75) is 33.2 Å². The van der Waals surface area contributed by atoms with Gasteiger partial charge in [-0.1, -0.05) is 19.9 Å². The molecule has 0 bridgehead atoms. The van der Waals surface area contributed by atoms with Gasteiger partial charge in [0.2, 0.25) is 0 Å². The first-order valence-electron chi connectivity index (χ1n) is 7.08. The normalized spacial score (nSPS) is 21.9. The summed E-state index contributed by atoms with van der Waals surface area (Å²) in [4.78, 5) is 7.00. The summed E-state index contributed by atoms with van der Waals surface area (Å²) < 4.78 is 0. The molecule has 0 spiro atoms. The molecule has 100 valence electrons. The van der Waals surface area contributed by atoms with Crippen LogP contribution in [0.15, 0.2) is 18.2 Å². The molecular formula is C15H25N3. The molecule has 0 aliphatic heterocycles. The Labute approximate surface area is 111 Å². The largest absolute Gasteiger partial charge is 0.359 e. The topological polar surface area (TPSA) is 28.2 Å². The van der Waals surface area contributed by atoms with Crippen molar-refractivity contribution in [3.8, 4) is 0 Å². The van der Waals surface area contributed by atoms with Gasteiger partial charge in [-0.2, -0.15) is 0 Å². The van der Waals surface area contributed by atoms with Crippen LogP contribution in [-0.2, 0) is 6.54 Å². The van der Waals surface area contributed by atoms with Crippen LogP contribution in [0.5, 0.6) is 0 Å². The number of pyridine rings is 1. The van der Waals surface area contributed by atoms with Crippen molar-refractivity contribution >= 4 is 5.82 Å². The van der Waals surface area contributed by atoms with E-state index in [2.05, 4.69) is 49.3 Å². The summed E-state index contributed by atoms with van der Waals surface area (Å²) in [5, 5.41) is 3.40. The minimum absolute atomic E-state index is 0.870. The molecule has 1 fully saturated rings. The summed E-state index contributed by atoms with van der Waals surface area (Å²) in [5.41, 5.74) is 1.14. The quantitative estimate of drug-likeness (QED) is 0.751. The Balaban J connectivity index is 1.89. The molecule has 1 aliphatic carbocycles. The maximum atomic E-state index is 4.71. The molecular weight excluding hydrogens is 222 g/mol. The van der Waals surface area contributed by atoms with Crippen molar-refractivity contribution in [2.24, 2.45) is 11.8 Å². The van der Waals surface area contributed by atoms with Crippen molar-refractivity contribution in [1.29, 1.82) is 0 Å². The molecule has 18 heavy (non-hydrogen) atoms. The van der Waals surface area contributed by atoms with Crippen molar-refractivity contribution in [3.05, 3.63) is 23.9 Å². The van der Waals surface area contributed by atoms with Gasteiger partial charge in [0.25, 0.3) is 0 Å². The number of nitrogens with zero attached hydrogens (tertiary/aromatic N) is 2. The van der Waals surface area contributed by atoms with E-state index in [0.29, 0.717) is 0 Å². The summed E-state index contributed by atoms with van der Waals surface area (Å²) in [6.45, 7) is 7.58. The molecule has 3 nitrogen and oxygen atoms in total. The predicted molar refractivity (Wildman–Crippen MR) is 76.8 cm³/mol. The summed E-state index contributed by atoms with van der Waals surface area (Å²) in [6, 6.07) is 6.31. The fourth-order valence-corrected chi connectivity index (χ4v) is 2.27. The Morgan fingerprint density at radius 1 is 1.44 bits per heavy atom. The fourth-order valence-electron chi connectivity index (χ4n) is 2.27. The van der Waals surface area contributed by atoms with Gasteiger partial charge in [0.1, 0.15) is 5.82 Å². The standard InChI is InChI=1S/C15H25N3/c1-4-8-16-10-14-6-5-7-15(17-14)18(3)11-13-9-12(13)2/h5-7,12-13,16H,4,8-11H2,1-3H3. The highest BCUT2D eigenvalue weighted by atomic mass is 15.2. The van der Waals surface area contributed by atoms with Gasteiger partial charge in [0.15, 0.2) is 0 Å². The smallest absolute Gasteiger partial charge is 0.128 e. The molecule has 2 unspecified atom stereocenters. The zero-order valence-corrected chi connectivity index (χ0v) is 11.8. The van der Waals surface area contributed by atoms with E-state index < -0.39 is 0 Å². The van der Waals surface area contributed by atoms with Crippen LogP contribution in [0.3, 0.4) is 0 Å². The monoisotopic (exact) mass is 247 g/mol. The lowest BCUT2D eigenvalue weighted by Gasteiger charge is -2.18. The Morgan fingerprint density at radius 2 is 2.22 bits per heavy atom. The molecule has 2 atom stereocenters. The first kappa shape index (κ1) is 13.3. The third-order valence-electron chi connectivity index (χ3n) is 3.70. The van der Waals surface area contributed by atoms with Crippen molar-refractivity contribution < 1.29 is 0 Å². The Morgan fingerprint density at radius 3 is 2.89 bits per heavy atom. The SMILES string of the molecule is CCCNCc1cccc(N(C)CC2CC2C)n1. The number of rotatable bonds is 7. The minimum Gasteiger partial charge on any atom is -0.359 e. The Bertz CT molecular complexity index is 378. The second-order valence-corrected chi connectivity index (χ2v) is 5.52. The number of hydrogen-bond donors (Lipinski definition) is 1. The lowest BCUT2D eigenvalue weighted by molar-refractivity contribution is 0.661. The third kappa shape index (κ3) is 3.70. The highest BCUT2D eigenvalue weighted by molar-refractivity contribution is 5.38. The molecule has 0 aromatic carbocycles. The van der Waals surface area contributed by atoms with Crippen molar-refractivity contribution in [3.63, 3.8) is 0 Å². The lowest BCUT2D eigenvalue weighted by atomic mass is 10.3. The third-order valence-corrected chi connectivity index (χ3v) is 3.70. The summed E-state index contributed by atoms with van der Waals surface area (Å²) in [7, 11) is 2.15. The number of anilines is 1. The predicted octanol–water partition coefficient (Wildman–Crippen LogP) is 2.67. The van der Waals surface area contributed by atoms with Gasteiger partial charge in [0.05, 0.1) is 5.69 Å². The molecule has 1 N–H and O–H groups in total. The maximum absolute atomic E-state index is 4.71. The van der Waals surface area contributed by atoms with E-state index in [4.69, 9.17) is 4.98 Å². The summed E-state index contributed by atoms with van der Waals surface area (Å²) in [5.74, 6) is 2.88. The van der Waals surface area contributed by atoms with Crippen LogP contribution in [0, 0.1) is 11.8 Å². The first-order chi connectivity index (χ1) is 8.70. The van der Waals surface area contributed by atoms with Gasteiger partial charge in [-0.15, -0.1) is 0 Å². The van der Waals surface area contributed by atoms with Crippen LogP contribution >= 0.6 is 0 Å². The van der Waals surface area contributed by atoms with E-state index >= 15 is 0 Å². The van der Waals surface area contributed by atoms with E-state index in [1.807, 2.05) is 0 Å². The molecule has 1 aromatic heterocycles. The molecule has 0 amide bonds. The van der Waals surface area contributed by atoms with E-state index in [1.165, 1.54) is 12.8 Å². The molecule has 3 heteroatoms. The fraction of sp³-hybridized carbons (Fsp3) is 0.667. The average molecular weight is 247 g/mol. The van der Waals surface area contributed by atoms with E-state index in [9.17, 15) is 0 Å². The second-order valence-electron chi connectivity index (χ2n) is 5.52. The highest BCUT2D eigenvalue weighted by Gasteiger charge is 2.33. The zero-order chi connectivity index (χ0) is 13.0. The van der Waals surface area contributed by atoms with Crippen LogP contribution in [0.25, 0.3) is 0 Å². The van der Waals surface area contributed by atoms with Gasteiger partial charge in [-0.3, -0.25) is 0 Å². The summed E-state index contributed by atoms with van der Waals surface area (Å²) >= 11 is 0. The molecule has 0 radical (unpaired) electrons. The molecule has 1 saturated carbocycles.